The van der Waals surface area contributed by atoms with Crippen LogP contribution in [0.3, 0.4) is 0 Å². The van der Waals surface area contributed by atoms with Crippen LogP contribution in [-0.4, -0.2) is 324 Å². The van der Waals surface area contributed by atoms with Crippen LogP contribution in [0, 0.1) is 0 Å². The van der Waals surface area contributed by atoms with Gasteiger partial charge < -0.3 is 144 Å². The van der Waals surface area contributed by atoms with E-state index in [1.54, 1.807) is 0 Å². The summed E-state index contributed by atoms with van der Waals surface area (Å²) in [4.78, 5) is 0. The Morgan fingerprint density at radius 2 is 0.471 bits per heavy atom. The molecule has 22 saturated heterocycles. The Morgan fingerprint density at radius 1 is 0.286 bits per heavy atom. The summed E-state index contributed by atoms with van der Waals surface area (Å²) in [6.07, 6.45) is -62.3. The van der Waals surface area contributed by atoms with Crippen molar-refractivity contribution >= 4 is 10.4 Å². The fourth-order valence-electron chi connectivity index (χ4n) is 9.16. The molecule has 33 nitrogen and oxygen atoms in total. The Bertz CT molecular complexity index is 1760. The summed E-state index contributed by atoms with van der Waals surface area (Å²) in [7, 11) is -5.61. The SMILES string of the molecule is O=S(=O)(O)O[C@@H]1[C@@H](O)[C@H]2O[C@H]3[C@H](O)[C@@H](O)[C@@H](O[C@H]4[C@H](O)[C@@H](O)[C@@H](O[C@H]5[C@H](O)[C@@H](O)[C@@H](O[C@H]6[C@H](O)[C@@H](O)[C@@H](O[C@H]7[C@H](O)[C@@H](O)[C@@H](O[C@H]1[C@@H](CO)O2)O[C@@H]7CO)O[C@@H]6CO)O[C@@H]5CO)O[C@@H]4CO)O[C@@H]3CO. The van der Waals surface area contributed by atoms with Crippen LogP contribution in [0.25, 0.3) is 0 Å². The summed E-state index contributed by atoms with van der Waals surface area (Å²) in [5.41, 5.74) is 0. The minimum absolute atomic E-state index is 1.03. The summed E-state index contributed by atoms with van der Waals surface area (Å²) < 4.78 is 106. The molecule has 0 aromatic carbocycles. The summed E-state index contributed by atoms with van der Waals surface area (Å²) in [6.45, 7) is -6.54. The normalized spacial score (nSPS) is 53.1. The second kappa shape index (κ2) is 23.3. The molecule has 22 fully saturated rings. The van der Waals surface area contributed by atoms with Crippen molar-refractivity contribution in [3.8, 4) is 0 Å². The molecule has 22 aliphatic heterocycles. The highest BCUT2D eigenvalue weighted by atomic mass is 32.3. The molecule has 0 aliphatic carbocycles. The van der Waals surface area contributed by atoms with Crippen LogP contribution in [0.1, 0.15) is 0 Å². The molecular weight excluding hydrogens is 992 g/mol. The van der Waals surface area contributed by atoms with Gasteiger partial charge in [0.25, 0.3) is 0 Å². The number of hydrogen-bond donors (Lipinski definition) is 18. The maximum atomic E-state index is 12.1. The van der Waals surface area contributed by atoms with Crippen molar-refractivity contribution in [3.05, 3.63) is 0 Å². The third-order valence-corrected chi connectivity index (χ3v) is 13.3. The van der Waals surface area contributed by atoms with Crippen LogP contribution in [0.5, 0.6) is 0 Å². The lowest BCUT2D eigenvalue weighted by atomic mass is 9.94. The van der Waals surface area contributed by atoms with Gasteiger partial charge in [-0.25, -0.2) is 4.18 Å². The molecule has 0 amide bonds. The minimum Gasteiger partial charge on any atom is -0.394 e. The van der Waals surface area contributed by atoms with Crippen molar-refractivity contribution in [3.63, 3.8) is 0 Å². The predicted octanol–water partition coefficient (Wildman–Crippen LogP) is -13.2. The lowest BCUT2D eigenvalue weighted by Gasteiger charge is -2.50. The Balaban J connectivity index is 1.23. The first-order valence-electron chi connectivity index (χ1n) is 21.8. The van der Waals surface area contributed by atoms with Crippen molar-refractivity contribution in [2.75, 3.05) is 39.6 Å². The average molecular weight is 1050 g/mol. The number of ether oxygens (including phenoxy) is 12. The Kier molecular flexibility index (Phi) is 18.8. The number of aliphatic hydroxyl groups is 17. The summed E-state index contributed by atoms with van der Waals surface area (Å²) in [6, 6.07) is 0. The van der Waals surface area contributed by atoms with Gasteiger partial charge in [-0.15, -0.1) is 0 Å². The fourth-order valence-corrected chi connectivity index (χ4v) is 9.67. The lowest BCUT2D eigenvalue weighted by Crippen LogP contribution is -2.69. The van der Waals surface area contributed by atoms with Crippen molar-refractivity contribution in [2.24, 2.45) is 0 Å². The Labute approximate surface area is 394 Å². The predicted molar refractivity (Wildman–Crippen MR) is 206 cm³/mol. The van der Waals surface area contributed by atoms with Gasteiger partial charge in [-0.1, -0.05) is 0 Å². The molecule has 30 atom stereocenters. The zero-order chi connectivity index (χ0) is 51.3. The topological polar surface area (TPSA) is 518 Å². The summed E-state index contributed by atoms with van der Waals surface area (Å²) in [5, 5.41) is 186. The molecule has 18 N–H and O–H groups in total. The van der Waals surface area contributed by atoms with Gasteiger partial charge in [0, 0.05) is 0 Å². The van der Waals surface area contributed by atoms with Crippen molar-refractivity contribution in [2.45, 2.75) is 184 Å². The van der Waals surface area contributed by atoms with E-state index in [-0.39, 0.29) is 0 Å². The van der Waals surface area contributed by atoms with Crippen LogP contribution in [-0.2, 0) is 71.4 Å². The molecule has 34 heteroatoms. The molecule has 0 saturated carbocycles. The quantitative estimate of drug-likeness (QED) is 0.100. The van der Waals surface area contributed by atoms with Gasteiger partial charge in [0.2, 0.25) is 0 Å². The minimum atomic E-state index is -5.61. The molecule has 0 spiro atoms. The first kappa shape index (κ1) is 56.4. The zero-order valence-electron chi connectivity index (χ0n) is 36.1. The van der Waals surface area contributed by atoms with E-state index >= 15 is 0 Å². The molecule has 70 heavy (non-hydrogen) atoms. The van der Waals surface area contributed by atoms with E-state index in [1.807, 2.05) is 0 Å². The van der Waals surface area contributed by atoms with E-state index in [0.29, 0.717) is 0 Å². The standard InChI is InChI=1S/C36H60O33S/c37-1-7-24-13(43)18(48)31(57-7)64-25-8(2-38)59-33(20(50)15(25)45)66-27-10(4-40)61-35(22(52)17(27)47)68-29-12(6-42)62-36(23(53)30(29)69-70(54,55)56)67-28-11(5-41)60-34(21(51)16(28)46)65-26-9(3-39)58-32(63-24)19(49)14(26)44/h7-53H,1-6H2,(H,54,55,56)/t7-,8-,9-,10-,11-,12-,13-,14-,15-,16-,17-,18-,19-,20-,21-,22-,23-,24-,25-,26-,27-,28-,29+,30-,31-,32-,33-,34-,35-,36-/m1/s1. The third-order valence-electron chi connectivity index (χ3n) is 12.9. The molecule has 22 aliphatic rings. The van der Waals surface area contributed by atoms with Crippen molar-refractivity contribution in [1.82, 2.24) is 0 Å². The van der Waals surface area contributed by atoms with E-state index in [2.05, 4.69) is 4.18 Å². The largest absolute Gasteiger partial charge is 0.397 e. The third kappa shape index (κ3) is 11.3. The van der Waals surface area contributed by atoms with E-state index < -0.39 is 234 Å². The van der Waals surface area contributed by atoms with Crippen molar-refractivity contribution < 1.29 is 161 Å². The molecule has 12 bridgehead atoms. The first-order valence-corrected chi connectivity index (χ1v) is 23.1. The second-order valence-electron chi connectivity index (χ2n) is 17.3. The van der Waals surface area contributed by atoms with E-state index in [4.69, 9.17) is 56.8 Å². The first-order chi connectivity index (χ1) is 33.1. The molecule has 0 unspecified atom stereocenters. The number of hydrogen-bond acceptors (Lipinski definition) is 32. The highest BCUT2D eigenvalue weighted by Gasteiger charge is 2.59. The summed E-state index contributed by atoms with van der Waals surface area (Å²) in [5.74, 6) is 0. The van der Waals surface area contributed by atoms with Gasteiger partial charge in [-0.05, 0) is 0 Å². The Morgan fingerprint density at radius 3 is 0.671 bits per heavy atom. The zero-order valence-corrected chi connectivity index (χ0v) is 37.0. The van der Waals surface area contributed by atoms with E-state index in [1.165, 1.54) is 0 Å². The van der Waals surface area contributed by atoms with Crippen LogP contribution >= 0.6 is 0 Å². The van der Waals surface area contributed by atoms with Crippen LogP contribution in [0.4, 0.5) is 0 Å². The van der Waals surface area contributed by atoms with Gasteiger partial charge in [0.1, 0.15) is 146 Å². The molecule has 0 aromatic heterocycles. The maximum Gasteiger partial charge on any atom is 0.397 e. The lowest BCUT2D eigenvalue weighted by molar-refractivity contribution is -0.403. The molecule has 0 aromatic rings. The van der Waals surface area contributed by atoms with Crippen LogP contribution in [0.15, 0.2) is 0 Å². The van der Waals surface area contributed by atoms with E-state index in [0.717, 1.165) is 0 Å². The Hall–Kier alpha value is -1.29. The van der Waals surface area contributed by atoms with Gasteiger partial charge in [-0.2, -0.15) is 8.42 Å². The summed E-state index contributed by atoms with van der Waals surface area (Å²) >= 11 is 0. The smallest absolute Gasteiger partial charge is 0.394 e. The monoisotopic (exact) mass is 1050 g/mol. The average Bonchev–Trinajstić information content (AvgIpc) is 3.33. The number of rotatable bonds is 8. The van der Waals surface area contributed by atoms with Crippen molar-refractivity contribution in [1.29, 1.82) is 0 Å². The molecule has 22 heterocycles. The molecule has 0 radical (unpaired) electrons. The highest BCUT2D eigenvalue weighted by Crippen LogP contribution is 2.38. The van der Waals surface area contributed by atoms with Gasteiger partial charge in [0.05, 0.1) is 39.6 Å². The molecular formula is C36H60O33S. The van der Waals surface area contributed by atoms with Gasteiger partial charge >= 0.3 is 10.4 Å². The van der Waals surface area contributed by atoms with E-state index in [9.17, 15) is 99.8 Å². The maximum absolute atomic E-state index is 12.1. The van der Waals surface area contributed by atoms with Gasteiger partial charge in [-0.3, -0.25) is 4.55 Å². The molecule has 408 valence electrons. The van der Waals surface area contributed by atoms with Crippen LogP contribution in [0.2, 0.25) is 0 Å². The highest BCUT2D eigenvalue weighted by molar-refractivity contribution is 7.80. The second-order valence-corrected chi connectivity index (χ2v) is 18.4. The fraction of sp³-hybridized carbons (Fsp3) is 1.00. The number of aliphatic hydroxyl groups excluding tert-OH is 17. The van der Waals surface area contributed by atoms with Gasteiger partial charge in [0.15, 0.2) is 37.7 Å². The van der Waals surface area contributed by atoms with Crippen LogP contribution < -0.4 is 0 Å². The molecule has 22 rings (SSSR count).